The lowest BCUT2D eigenvalue weighted by atomic mass is 9.90. The molecule has 0 saturated carbocycles. The van der Waals surface area contributed by atoms with Gasteiger partial charge in [0, 0.05) is 6.42 Å². The number of carbonyl (C=O) groups excluding carboxylic acids is 4. The maximum Gasteiger partial charge on any atom is 0.332 e. The average Bonchev–Trinajstić information content (AvgIpc) is 2.90. The summed E-state index contributed by atoms with van der Waals surface area (Å²) in [6.45, 7) is 1.90. The Balaban J connectivity index is 2.46. The van der Waals surface area contributed by atoms with Crippen LogP contribution in [-0.4, -0.2) is 61.1 Å². The van der Waals surface area contributed by atoms with Gasteiger partial charge < -0.3 is 19.1 Å². The van der Waals surface area contributed by atoms with Crippen molar-refractivity contribution in [3.8, 4) is 0 Å². The largest absolute Gasteiger partial charge is 0.468 e. The van der Waals surface area contributed by atoms with Crippen molar-refractivity contribution in [3.63, 3.8) is 0 Å². The average molecular weight is 355 g/mol. The monoisotopic (exact) mass is 355 g/mol. The van der Waals surface area contributed by atoms with E-state index < -0.39 is 35.4 Å². The lowest BCUT2D eigenvalue weighted by Crippen LogP contribution is -2.58. The molecule has 2 atom stereocenters. The first kappa shape index (κ1) is 19.2. The van der Waals surface area contributed by atoms with Gasteiger partial charge in [0.15, 0.2) is 5.92 Å². The third kappa shape index (κ3) is 3.34. The van der Waals surface area contributed by atoms with Crippen LogP contribution in [0.1, 0.15) is 45.4 Å². The molecule has 8 heteroatoms. The van der Waals surface area contributed by atoms with E-state index >= 15 is 0 Å². The van der Waals surface area contributed by atoms with Crippen LogP contribution < -0.4 is 0 Å². The van der Waals surface area contributed by atoms with Crippen LogP contribution in [0.2, 0.25) is 0 Å². The number of ether oxygens (including phenoxy) is 3. The Morgan fingerprint density at radius 3 is 2.36 bits per heavy atom. The first-order valence-corrected chi connectivity index (χ1v) is 8.58. The zero-order valence-corrected chi connectivity index (χ0v) is 14.9. The molecule has 0 bridgehead atoms. The van der Waals surface area contributed by atoms with Crippen LogP contribution in [0.25, 0.3) is 0 Å². The second-order valence-corrected chi connectivity index (χ2v) is 6.35. The Labute approximate surface area is 146 Å². The van der Waals surface area contributed by atoms with E-state index in [0.29, 0.717) is 32.1 Å². The van der Waals surface area contributed by atoms with Gasteiger partial charge in [-0.1, -0.05) is 0 Å². The smallest absolute Gasteiger partial charge is 0.332 e. The van der Waals surface area contributed by atoms with Crippen LogP contribution in [-0.2, 0) is 33.4 Å². The van der Waals surface area contributed by atoms with Crippen LogP contribution in [0.15, 0.2) is 0 Å². The molecule has 1 unspecified atom stereocenters. The molecule has 0 radical (unpaired) electrons. The van der Waals surface area contributed by atoms with E-state index in [0.717, 1.165) is 0 Å². The van der Waals surface area contributed by atoms with Crippen LogP contribution in [0.4, 0.5) is 0 Å². The standard InChI is InChI=1S/C17H25NO7/c1-4-25-16(22)17-9-6-5-7-12(19)18(17)11(8-10-17)13(14(20)23-2)15(21)24-3/h11,13H,4-10H2,1-3H3/t11?,17-/m1/s1. The summed E-state index contributed by atoms with van der Waals surface area (Å²) in [5.74, 6) is -3.53. The van der Waals surface area contributed by atoms with Crippen molar-refractivity contribution in [1.29, 1.82) is 0 Å². The summed E-state index contributed by atoms with van der Waals surface area (Å²) in [5, 5.41) is 0. The molecule has 1 amide bonds. The molecule has 140 valence electrons. The predicted octanol–water partition coefficient (Wildman–Crippen LogP) is 0.815. The number of amides is 1. The molecule has 25 heavy (non-hydrogen) atoms. The van der Waals surface area contributed by atoms with Crippen molar-refractivity contribution < 1.29 is 33.4 Å². The first-order valence-electron chi connectivity index (χ1n) is 8.58. The highest BCUT2D eigenvalue weighted by Crippen LogP contribution is 2.44. The highest BCUT2D eigenvalue weighted by molar-refractivity contribution is 5.97. The van der Waals surface area contributed by atoms with Gasteiger partial charge >= 0.3 is 17.9 Å². The fourth-order valence-electron chi connectivity index (χ4n) is 3.98. The summed E-state index contributed by atoms with van der Waals surface area (Å²) in [7, 11) is 2.35. The minimum atomic E-state index is -1.27. The molecule has 2 aliphatic rings. The number of rotatable bonds is 5. The lowest BCUT2D eigenvalue weighted by molar-refractivity contribution is -0.170. The van der Waals surface area contributed by atoms with Crippen molar-refractivity contribution in [2.45, 2.75) is 57.0 Å². The Morgan fingerprint density at radius 2 is 1.80 bits per heavy atom. The van der Waals surface area contributed by atoms with Crippen LogP contribution in [0.5, 0.6) is 0 Å². The summed E-state index contributed by atoms with van der Waals surface area (Å²) in [6, 6.07) is -0.769. The molecule has 0 N–H and O–H groups in total. The Morgan fingerprint density at radius 1 is 1.16 bits per heavy atom. The predicted molar refractivity (Wildman–Crippen MR) is 85.2 cm³/mol. The van der Waals surface area contributed by atoms with Crippen LogP contribution in [0.3, 0.4) is 0 Å². The fraction of sp³-hybridized carbons (Fsp3) is 0.765. The molecule has 2 saturated heterocycles. The van der Waals surface area contributed by atoms with Crippen molar-refractivity contribution in [2.24, 2.45) is 5.92 Å². The van der Waals surface area contributed by atoms with E-state index in [4.69, 9.17) is 14.2 Å². The van der Waals surface area contributed by atoms with Gasteiger partial charge in [0.1, 0.15) is 5.54 Å². The summed E-state index contributed by atoms with van der Waals surface area (Å²) < 4.78 is 14.7. The summed E-state index contributed by atoms with van der Waals surface area (Å²) >= 11 is 0. The van der Waals surface area contributed by atoms with E-state index in [1.54, 1.807) is 6.92 Å². The van der Waals surface area contributed by atoms with Gasteiger partial charge in [0.2, 0.25) is 5.91 Å². The number of carbonyl (C=O) groups is 4. The van der Waals surface area contributed by atoms with E-state index in [-0.39, 0.29) is 18.9 Å². The maximum atomic E-state index is 12.8. The first-order chi connectivity index (χ1) is 11.9. The Bertz CT molecular complexity index is 545. The van der Waals surface area contributed by atoms with Crippen molar-refractivity contribution in [1.82, 2.24) is 4.90 Å². The quantitative estimate of drug-likeness (QED) is 0.409. The number of methoxy groups -OCH3 is 2. The van der Waals surface area contributed by atoms with E-state index in [1.165, 1.54) is 19.1 Å². The zero-order chi connectivity index (χ0) is 18.6. The van der Waals surface area contributed by atoms with Gasteiger partial charge in [0.25, 0.3) is 0 Å². The minimum Gasteiger partial charge on any atom is -0.468 e. The molecule has 2 aliphatic heterocycles. The molecule has 2 heterocycles. The van der Waals surface area contributed by atoms with Gasteiger partial charge in [0.05, 0.1) is 26.9 Å². The van der Waals surface area contributed by atoms with Gasteiger partial charge in [-0.25, -0.2) is 4.79 Å². The molecular formula is C17H25NO7. The van der Waals surface area contributed by atoms with Crippen LogP contribution in [0, 0.1) is 5.92 Å². The molecule has 0 aromatic heterocycles. The highest BCUT2D eigenvalue weighted by Gasteiger charge is 2.59. The number of hydrogen-bond donors (Lipinski definition) is 0. The second kappa shape index (κ2) is 7.84. The topological polar surface area (TPSA) is 99.2 Å². The second-order valence-electron chi connectivity index (χ2n) is 6.35. The summed E-state index contributed by atoms with van der Waals surface area (Å²) in [4.78, 5) is 51.3. The molecular weight excluding hydrogens is 330 g/mol. The van der Waals surface area contributed by atoms with Crippen molar-refractivity contribution in [3.05, 3.63) is 0 Å². The summed E-state index contributed by atoms with van der Waals surface area (Å²) in [5.41, 5.74) is -1.12. The fourth-order valence-corrected chi connectivity index (χ4v) is 3.98. The number of esters is 3. The van der Waals surface area contributed by atoms with E-state index in [2.05, 4.69) is 0 Å². The third-order valence-electron chi connectivity index (χ3n) is 5.10. The molecule has 2 rings (SSSR count). The van der Waals surface area contributed by atoms with Gasteiger partial charge in [-0.3, -0.25) is 14.4 Å². The molecule has 0 aliphatic carbocycles. The van der Waals surface area contributed by atoms with Crippen molar-refractivity contribution >= 4 is 23.8 Å². The molecule has 0 spiro atoms. The lowest BCUT2D eigenvalue weighted by Gasteiger charge is -2.39. The third-order valence-corrected chi connectivity index (χ3v) is 5.10. The molecule has 2 fully saturated rings. The van der Waals surface area contributed by atoms with Crippen molar-refractivity contribution in [2.75, 3.05) is 20.8 Å². The number of fused-ring (bicyclic) bond motifs is 1. The zero-order valence-electron chi connectivity index (χ0n) is 14.9. The normalized spacial score (nSPS) is 26.0. The molecule has 0 aromatic carbocycles. The number of nitrogens with zero attached hydrogens (tertiary/aromatic N) is 1. The SMILES string of the molecule is CCOC(=O)[C@]12CCCCC(=O)N1C(C(C(=O)OC)C(=O)OC)CC2. The molecule has 8 nitrogen and oxygen atoms in total. The minimum absolute atomic E-state index is 0.199. The summed E-state index contributed by atoms with van der Waals surface area (Å²) in [6.07, 6.45) is 2.78. The van der Waals surface area contributed by atoms with Gasteiger partial charge in [-0.05, 0) is 39.0 Å². The Kier molecular flexibility index (Phi) is 6.02. The Hall–Kier alpha value is -2.12. The van der Waals surface area contributed by atoms with E-state index in [9.17, 15) is 19.2 Å². The highest BCUT2D eigenvalue weighted by atomic mass is 16.5. The van der Waals surface area contributed by atoms with E-state index in [1.807, 2.05) is 0 Å². The van der Waals surface area contributed by atoms with Crippen LogP contribution >= 0.6 is 0 Å². The van der Waals surface area contributed by atoms with Gasteiger partial charge in [-0.15, -0.1) is 0 Å². The van der Waals surface area contributed by atoms with Gasteiger partial charge in [-0.2, -0.15) is 0 Å². The maximum absolute atomic E-state index is 12.8. The molecule has 0 aromatic rings. The number of hydrogen-bond acceptors (Lipinski definition) is 7.